The van der Waals surface area contributed by atoms with Crippen LogP contribution in [0.25, 0.3) is 66.1 Å². The van der Waals surface area contributed by atoms with Crippen LogP contribution in [-0.2, 0) is 5.41 Å². The van der Waals surface area contributed by atoms with Crippen LogP contribution in [0.3, 0.4) is 0 Å². The van der Waals surface area contributed by atoms with Crippen molar-refractivity contribution in [2.75, 3.05) is 9.80 Å². The van der Waals surface area contributed by atoms with Crippen LogP contribution in [0.2, 0.25) is 0 Å². The molecule has 0 spiro atoms. The maximum atomic E-state index is 15.0. The van der Waals surface area contributed by atoms with Gasteiger partial charge < -0.3 is 18.9 Å². The largest absolute Gasteiger partial charge is 0.310 e. The lowest BCUT2D eigenvalue weighted by Crippen LogP contribution is -2.29. The third-order valence-electron chi connectivity index (χ3n) is 16.1. The van der Waals surface area contributed by atoms with Crippen molar-refractivity contribution in [2.45, 2.75) is 5.41 Å². The van der Waals surface area contributed by atoms with Crippen LogP contribution in [0.4, 0.5) is 42.9 Å². The summed E-state index contributed by atoms with van der Waals surface area (Å²) in [7, 11) is 0. The third kappa shape index (κ3) is 7.33. The molecular weight excluding hydrogens is 971 g/mol. The van der Waals surface area contributed by atoms with Gasteiger partial charge in [-0.1, -0.05) is 146 Å². The number of para-hydroxylation sites is 4. The molecule has 0 fully saturated rings. The van der Waals surface area contributed by atoms with Crippen LogP contribution in [0, 0.1) is 11.6 Å². The van der Waals surface area contributed by atoms with E-state index in [9.17, 15) is 8.78 Å². The third-order valence-corrected chi connectivity index (χ3v) is 16.1. The first-order valence-corrected chi connectivity index (χ1v) is 26.7. The monoisotopic (exact) mass is 1020 g/mol. The topological polar surface area (TPSA) is 16.3 Å². The Bertz CT molecular complexity index is 4310. The number of halogens is 2. The van der Waals surface area contributed by atoms with Gasteiger partial charge in [-0.05, 0) is 179 Å². The van der Waals surface area contributed by atoms with Crippen LogP contribution in [0.5, 0.6) is 0 Å². The highest BCUT2D eigenvalue weighted by atomic mass is 19.1. The summed E-state index contributed by atoms with van der Waals surface area (Å²) in [5.41, 5.74) is 17.9. The van der Waals surface area contributed by atoms with Crippen molar-refractivity contribution >= 4 is 77.7 Å². The van der Waals surface area contributed by atoms with Crippen molar-refractivity contribution in [1.29, 1.82) is 0 Å². The minimum absolute atomic E-state index is 0.300. The summed E-state index contributed by atoms with van der Waals surface area (Å²) in [6.45, 7) is 0. The SMILES string of the molecule is Fc1ccc(N(c2ccc3c(c2)C(c2ccccc2)(c2ccccc2)c2cc(N(c4ccc(F)cc4)c4ccc5c(c4)c4ccccc4n5-c4ccccc4)ccc2-3)c2ccc3c(c2)c2ccccc2n3-c2ccccc2)cc1. The van der Waals surface area contributed by atoms with Crippen LogP contribution in [-0.4, -0.2) is 9.13 Å². The summed E-state index contributed by atoms with van der Waals surface area (Å²) in [6.07, 6.45) is 0. The zero-order valence-electron chi connectivity index (χ0n) is 42.8. The van der Waals surface area contributed by atoms with Gasteiger partial charge in [0.25, 0.3) is 0 Å². The Labute approximate surface area is 456 Å². The first kappa shape index (κ1) is 46.0. The van der Waals surface area contributed by atoms with Crippen LogP contribution in [0.15, 0.2) is 291 Å². The van der Waals surface area contributed by atoms with E-state index in [1.54, 1.807) is 0 Å². The lowest BCUT2D eigenvalue weighted by atomic mass is 9.67. The molecule has 0 N–H and O–H groups in total. The van der Waals surface area contributed by atoms with Crippen LogP contribution in [0.1, 0.15) is 22.3 Å². The average Bonchev–Trinajstić information content (AvgIpc) is 4.24. The fourth-order valence-electron chi connectivity index (χ4n) is 12.7. The molecular formula is C73H48F2N4. The number of hydrogen-bond acceptors (Lipinski definition) is 2. The van der Waals surface area contributed by atoms with Gasteiger partial charge in [-0.15, -0.1) is 0 Å². The molecule has 0 radical (unpaired) electrons. The smallest absolute Gasteiger partial charge is 0.123 e. The molecule has 0 aliphatic heterocycles. The van der Waals surface area contributed by atoms with E-state index in [-0.39, 0.29) is 11.6 Å². The molecule has 0 atom stereocenters. The highest BCUT2D eigenvalue weighted by molar-refractivity contribution is 6.12. The molecule has 0 amide bonds. The van der Waals surface area contributed by atoms with Gasteiger partial charge in [-0.2, -0.15) is 0 Å². The van der Waals surface area contributed by atoms with Gasteiger partial charge in [0.1, 0.15) is 11.6 Å². The van der Waals surface area contributed by atoms with Gasteiger partial charge in [-0.25, -0.2) is 8.78 Å². The second-order valence-electron chi connectivity index (χ2n) is 20.3. The van der Waals surface area contributed by atoms with E-state index in [1.807, 2.05) is 36.4 Å². The number of aromatic nitrogens is 2. The Hall–Kier alpha value is -10.3. The molecule has 6 heteroatoms. The van der Waals surface area contributed by atoms with E-state index in [0.29, 0.717) is 0 Å². The summed E-state index contributed by atoms with van der Waals surface area (Å²) in [6, 6.07) is 100. The number of nitrogens with zero attached hydrogens (tertiary/aromatic N) is 4. The fraction of sp³-hybridized carbons (Fsp3) is 0.0137. The minimum Gasteiger partial charge on any atom is -0.310 e. The first-order chi connectivity index (χ1) is 39.0. The molecule has 0 saturated carbocycles. The predicted octanol–water partition coefficient (Wildman–Crippen LogP) is 19.5. The highest BCUT2D eigenvalue weighted by Crippen LogP contribution is 2.59. The highest BCUT2D eigenvalue weighted by Gasteiger charge is 2.47. The molecule has 374 valence electrons. The van der Waals surface area contributed by atoms with E-state index in [1.165, 1.54) is 24.3 Å². The Morgan fingerprint density at radius 1 is 0.266 bits per heavy atom. The molecule has 1 aliphatic rings. The van der Waals surface area contributed by atoms with Gasteiger partial charge >= 0.3 is 0 Å². The number of benzene rings is 12. The van der Waals surface area contributed by atoms with E-state index >= 15 is 0 Å². The van der Waals surface area contributed by atoms with Crippen molar-refractivity contribution in [2.24, 2.45) is 0 Å². The summed E-state index contributed by atoms with van der Waals surface area (Å²) < 4.78 is 34.6. The number of hydrogen-bond donors (Lipinski definition) is 0. The van der Waals surface area contributed by atoms with Gasteiger partial charge in [-0.3, -0.25) is 0 Å². The lowest BCUT2D eigenvalue weighted by Gasteiger charge is -2.35. The van der Waals surface area contributed by atoms with E-state index in [0.717, 1.165) is 122 Å². The van der Waals surface area contributed by atoms with E-state index in [4.69, 9.17) is 0 Å². The second kappa shape index (κ2) is 18.5. The molecule has 4 nitrogen and oxygen atoms in total. The summed E-state index contributed by atoms with van der Waals surface area (Å²) >= 11 is 0. The zero-order valence-corrected chi connectivity index (χ0v) is 42.8. The maximum absolute atomic E-state index is 15.0. The summed E-state index contributed by atoms with van der Waals surface area (Å²) in [5.74, 6) is -0.600. The van der Waals surface area contributed by atoms with Gasteiger partial charge in [0.15, 0.2) is 0 Å². The van der Waals surface area contributed by atoms with Crippen LogP contribution >= 0.6 is 0 Å². The van der Waals surface area contributed by atoms with Gasteiger partial charge in [0, 0.05) is 67.0 Å². The van der Waals surface area contributed by atoms with Crippen molar-refractivity contribution in [3.8, 4) is 22.5 Å². The van der Waals surface area contributed by atoms with Crippen LogP contribution < -0.4 is 9.80 Å². The Kier molecular flexibility index (Phi) is 10.8. The quantitative estimate of drug-likeness (QED) is 0.136. The zero-order chi connectivity index (χ0) is 52.6. The number of fused-ring (bicyclic) bond motifs is 9. The number of anilines is 6. The summed E-state index contributed by atoms with van der Waals surface area (Å²) in [4.78, 5) is 4.51. The Balaban J connectivity index is 0.952. The number of rotatable bonds is 10. The molecule has 14 aromatic rings. The molecule has 12 aromatic carbocycles. The van der Waals surface area contributed by atoms with Crippen molar-refractivity contribution in [1.82, 2.24) is 9.13 Å². The van der Waals surface area contributed by atoms with Crippen molar-refractivity contribution in [3.63, 3.8) is 0 Å². The van der Waals surface area contributed by atoms with E-state index < -0.39 is 5.41 Å². The average molecular weight is 1020 g/mol. The molecule has 15 rings (SSSR count). The van der Waals surface area contributed by atoms with Crippen molar-refractivity contribution in [3.05, 3.63) is 325 Å². The second-order valence-corrected chi connectivity index (χ2v) is 20.3. The molecule has 0 bridgehead atoms. The Morgan fingerprint density at radius 3 is 0.987 bits per heavy atom. The maximum Gasteiger partial charge on any atom is 0.123 e. The normalized spacial score (nSPS) is 12.5. The fourth-order valence-corrected chi connectivity index (χ4v) is 12.7. The molecule has 0 unspecified atom stereocenters. The van der Waals surface area contributed by atoms with E-state index in [2.05, 4.69) is 249 Å². The lowest BCUT2D eigenvalue weighted by molar-refractivity contribution is 0.627. The van der Waals surface area contributed by atoms with Crippen molar-refractivity contribution < 1.29 is 8.78 Å². The standard InChI is InChI=1S/C73H48F2N4/c74-51-29-33-55(34-30-51)76(57-39-43-71-65(45-57)63-25-13-15-27-69(63)78(71)53-21-9-3-10-22-53)59-37-41-61-62-42-38-60(48-68(62)73(67(61)47-59,49-17-5-1-6-18-49)50-19-7-2-8-20-50)77(56-35-31-52(75)32-36-56)58-40-44-72-66(46-58)64-26-14-16-28-70(64)79(72)54-23-11-4-12-24-54/h1-48H. The van der Waals surface area contributed by atoms with Gasteiger partial charge in [0.05, 0.1) is 27.5 Å². The predicted molar refractivity (Wildman–Crippen MR) is 322 cm³/mol. The molecule has 79 heavy (non-hydrogen) atoms. The first-order valence-electron chi connectivity index (χ1n) is 26.7. The molecule has 2 aromatic heterocycles. The Morgan fingerprint density at radius 2 is 0.582 bits per heavy atom. The molecule has 1 aliphatic carbocycles. The molecule has 2 heterocycles. The summed E-state index contributed by atoms with van der Waals surface area (Å²) in [5, 5.41) is 4.51. The minimum atomic E-state index is -0.817. The molecule has 0 saturated heterocycles. The van der Waals surface area contributed by atoms with Gasteiger partial charge in [0.2, 0.25) is 0 Å².